The van der Waals surface area contributed by atoms with Crippen molar-refractivity contribution in [1.82, 2.24) is 14.8 Å². The molecule has 0 amide bonds. The summed E-state index contributed by atoms with van der Waals surface area (Å²) in [6, 6.07) is 0. The third-order valence-corrected chi connectivity index (χ3v) is 5.02. The molecule has 2 aromatic rings. The van der Waals surface area contributed by atoms with Gasteiger partial charge in [-0.05, 0) is 44.6 Å². The fraction of sp³-hybridized carbons (Fsp3) is 0.571. The Morgan fingerprint density at radius 1 is 1.37 bits per heavy atom. The third kappa shape index (κ3) is 1.83. The monoisotopic (exact) mass is 274 g/mol. The zero-order chi connectivity index (χ0) is 12.8. The molecular formula is C14H18N4S. The van der Waals surface area contributed by atoms with Crippen molar-refractivity contribution in [2.24, 2.45) is 5.73 Å². The predicted octanol–water partition coefficient (Wildman–Crippen LogP) is 2.58. The van der Waals surface area contributed by atoms with Crippen molar-refractivity contribution in [2.45, 2.75) is 43.9 Å². The molecule has 4 rings (SSSR count). The Morgan fingerprint density at radius 2 is 2.26 bits per heavy atom. The normalized spacial score (nSPS) is 22.5. The number of rotatable bonds is 3. The molecule has 100 valence electrons. The van der Waals surface area contributed by atoms with E-state index in [9.17, 15) is 0 Å². The van der Waals surface area contributed by atoms with E-state index in [0.29, 0.717) is 11.8 Å². The molecule has 2 aliphatic carbocycles. The van der Waals surface area contributed by atoms with Gasteiger partial charge in [-0.25, -0.2) is 9.67 Å². The Kier molecular flexibility index (Phi) is 2.70. The lowest BCUT2D eigenvalue weighted by molar-refractivity contribution is 0.547. The van der Waals surface area contributed by atoms with Crippen LogP contribution >= 0.6 is 11.3 Å². The highest BCUT2D eigenvalue weighted by Gasteiger charge is 2.36. The van der Waals surface area contributed by atoms with E-state index in [1.165, 1.54) is 42.6 Å². The van der Waals surface area contributed by atoms with E-state index in [-0.39, 0.29) is 0 Å². The van der Waals surface area contributed by atoms with Crippen LogP contribution in [0.5, 0.6) is 0 Å². The molecular weight excluding hydrogens is 256 g/mol. The van der Waals surface area contributed by atoms with Crippen LogP contribution in [0.4, 0.5) is 0 Å². The van der Waals surface area contributed by atoms with E-state index < -0.39 is 0 Å². The van der Waals surface area contributed by atoms with Crippen molar-refractivity contribution in [3.05, 3.63) is 28.5 Å². The van der Waals surface area contributed by atoms with Crippen molar-refractivity contribution in [3.8, 4) is 5.13 Å². The van der Waals surface area contributed by atoms with Crippen molar-refractivity contribution in [1.29, 1.82) is 0 Å². The van der Waals surface area contributed by atoms with Crippen LogP contribution < -0.4 is 5.73 Å². The van der Waals surface area contributed by atoms with Gasteiger partial charge in [0.25, 0.3) is 0 Å². The van der Waals surface area contributed by atoms with Crippen molar-refractivity contribution >= 4 is 11.3 Å². The highest BCUT2D eigenvalue weighted by molar-refractivity contribution is 7.12. The van der Waals surface area contributed by atoms with E-state index in [4.69, 9.17) is 10.8 Å². The van der Waals surface area contributed by atoms with Crippen LogP contribution in [0.3, 0.4) is 0 Å². The van der Waals surface area contributed by atoms with Crippen LogP contribution in [-0.4, -0.2) is 21.3 Å². The van der Waals surface area contributed by atoms with Crippen molar-refractivity contribution in [3.63, 3.8) is 0 Å². The van der Waals surface area contributed by atoms with E-state index in [1.807, 2.05) is 11.6 Å². The second-order valence-corrected chi connectivity index (χ2v) is 6.44. The lowest BCUT2D eigenvalue weighted by Crippen LogP contribution is -2.19. The molecule has 5 heteroatoms. The molecule has 2 aromatic heterocycles. The number of hydrogen-bond donors (Lipinski definition) is 1. The topological polar surface area (TPSA) is 56.7 Å². The molecule has 2 aliphatic rings. The van der Waals surface area contributed by atoms with Crippen LogP contribution in [0.2, 0.25) is 0 Å². The maximum absolute atomic E-state index is 5.99. The van der Waals surface area contributed by atoms with Crippen LogP contribution in [0.1, 0.15) is 54.5 Å². The van der Waals surface area contributed by atoms with E-state index in [2.05, 4.69) is 9.67 Å². The molecule has 4 nitrogen and oxygen atoms in total. The lowest BCUT2D eigenvalue weighted by Gasteiger charge is -2.22. The van der Waals surface area contributed by atoms with Gasteiger partial charge in [0.2, 0.25) is 5.13 Å². The molecule has 1 unspecified atom stereocenters. The maximum atomic E-state index is 5.99. The number of nitrogens with two attached hydrogens (primary N) is 1. The van der Waals surface area contributed by atoms with Gasteiger partial charge in [-0.2, -0.15) is 5.10 Å². The fourth-order valence-corrected chi connectivity index (χ4v) is 3.82. The Balaban J connectivity index is 1.89. The molecule has 0 spiro atoms. The first kappa shape index (κ1) is 11.6. The van der Waals surface area contributed by atoms with Gasteiger partial charge in [-0.3, -0.25) is 0 Å². The SMILES string of the molecule is NCC1CCCc2c1c(C1CC1)nn2-c1nccs1. The van der Waals surface area contributed by atoms with Gasteiger partial charge in [0.15, 0.2) is 0 Å². The second kappa shape index (κ2) is 4.42. The average Bonchev–Trinajstić information content (AvgIpc) is 3.01. The number of thiazole rings is 1. The molecule has 1 saturated carbocycles. The van der Waals surface area contributed by atoms with Crippen LogP contribution in [0.25, 0.3) is 5.13 Å². The standard InChI is InChI=1S/C14H18N4S/c15-8-10-2-1-3-11-12(10)13(9-4-5-9)17-18(11)14-16-6-7-19-14/h6-7,9-10H,1-5,8,15H2. The molecule has 0 radical (unpaired) electrons. The summed E-state index contributed by atoms with van der Waals surface area (Å²) in [7, 11) is 0. The van der Waals surface area contributed by atoms with Crippen molar-refractivity contribution < 1.29 is 0 Å². The third-order valence-electron chi connectivity index (χ3n) is 4.27. The van der Waals surface area contributed by atoms with Crippen molar-refractivity contribution in [2.75, 3.05) is 6.54 Å². The summed E-state index contributed by atoms with van der Waals surface area (Å²) in [5, 5.41) is 7.92. The van der Waals surface area contributed by atoms with Gasteiger partial charge in [0.05, 0.1) is 11.4 Å². The number of nitrogens with zero attached hydrogens (tertiary/aromatic N) is 3. The van der Waals surface area contributed by atoms with Crippen LogP contribution in [0, 0.1) is 0 Å². The molecule has 0 saturated heterocycles. The molecule has 2 heterocycles. The summed E-state index contributed by atoms with van der Waals surface area (Å²) in [5.74, 6) is 1.19. The maximum Gasteiger partial charge on any atom is 0.210 e. The number of fused-ring (bicyclic) bond motifs is 1. The van der Waals surface area contributed by atoms with E-state index in [1.54, 1.807) is 11.3 Å². The Labute approximate surface area is 116 Å². The number of aromatic nitrogens is 3. The zero-order valence-electron chi connectivity index (χ0n) is 10.9. The van der Waals surface area contributed by atoms with E-state index in [0.717, 1.165) is 18.1 Å². The predicted molar refractivity (Wildman–Crippen MR) is 75.9 cm³/mol. The molecule has 1 fully saturated rings. The minimum Gasteiger partial charge on any atom is -0.330 e. The number of hydrogen-bond acceptors (Lipinski definition) is 4. The molecule has 19 heavy (non-hydrogen) atoms. The van der Waals surface area contributed by atoms with Gasteiger partial charge in [0.1, 0.15) is 0 Å². The first-order valence-corrected chi connectivity index (χ1v) is 7.98. The summed E-state index contributed by atoms with van der Waals surface area (Å²) in [4.78, 5) is 4.43. The Morgan fingerprint density at radius 3 is 2.95 bits per heavy atom. The van der Waals surface area contributed by atoms with Gasteiger partial charge in [-0.1, -0.05) is 0 Å². The van der Waals surface area contributed by atoms with Gasteiger partial charge in [-0.15, -0.1) is 11.3 Å². The quantitative estimate of drug-likeness (QED) is 0.936. The lowest BCUT2D eigenvalue weighted by atomic mass is 9.84. The summed E-state index contributed by atoms with van der Waals surface area (Å²) in [5.41, 5.74) is 10.1. The summed E-state index contributed by atoms with van der Waals surface area (Å²) >= 11 is 1.66. The molecule has 1 atom stereocenters. The largest absolute Gasteiger partial charge is 0.330 e. The van der Waals surface area contributed by atoms with Crippen LogP contribution in [0.15, 0.2) is 11.6 Å². The minimum absolute atomic E-state index is 0.507. The average molecular weight is 274 g/mol. The van der Waals surface area contributed by atoms with Crippen LogP contribution in [-0.2, 0) is 6.42 Å². The fourth-order valence-electron chi connectivity index (χ4n) is 3.20. The van der Waals surface area contributed by atoms with E-state index >= 15 is 0 Å². The highest BCUT2D eigenvalue weighted by Crippen LogP contribution is 2.46. The summed E-state index contributed by atoms with van der Waals surface area (Å²) in [6.45, 7) is 0.746. The zero-order valence-corrected chi connectivity index (χ0v) is 11.7. The highest BCUT2D eigenvalue weighted by atomic mass is 32.1. The second-order valence-electron chi connectivity index (χ2n) is 5.57. The van der Waals surface area contributed by atoms with Gasteiger partial charge < -0.3 is 5.73 Å². The van der Waals surface area contributed by atoms with Gasteiger partial charge >= 0.3 is 0 Å². The summed E-state index contributed by atoms with van der Waals surface area (Å²) < 4.78 is 2.09. The smallest absolute Gasteiger partial charge is 0.210 e. The molecule has 0 bridgehead atoms. The summed E-state index contributed by atoms with van der Waals surface area (Å²) in [6.07, 6.45) is 7.99. The molecule has 0 aromatic carbocycles. The van der Waals surface area contributed by atoms with Gasteiger partial charge in [0, 0.05) is 23.1 Å². The minimum atomic E-state index is 0.507. The first-order chi connectivity index (χ1) is 9.38. The molecule has 2 N–H and O–H groups in total. The first-order valence-electron chi connectivity index (χ1n) is 7.10. The Hall–Kier alpha value is -1.20. The Bertz CT molecular complexity index is 583. The molecule has 0 aliphatic heterocycles.